The Morgan fingerprint density at radius 2 is 2.00 bits per heavy atom. The molecule has 1 aliphatic carbocycles. The lowest BCUT2D eigenvalue weighted by Crippen LogP contribution is -2.42. The van der Waals surface area contributed by atoms with Crippen molar-refractivity contribution in [1.29, 1.82) is 0 Å². The first kappa shape index (κ1) is 14.6. The second-order valence-electron chi connectivity index (χ2n) is 6.66. The normalized spacial score (nSPS) is 25.5. The molecule has 0 bridgehead atoms. The molecule has 2 unspecified atom stereocenters. The van der Waals surface area contributed by atoms with Crippen molar-refractivity contribution in [1.82, 2.24) is 9.97 Å². The van der Waals surface area contributed by atoms with Gasteiger partial charge in [0.25, 0.3) is 0 Å². The van der Waals surface area contributed by atoms with Gasteiger partial charge in [-0.25, -0.2) is 4.98 Å². The average molecular weight is 288 g/mol. The quantitative estimate of drug-likeness (QED) is 0.918. The third-order valence-electron chi connectivity index (χ3n) is 4.99. The van der Waals surface area contributed by atoms with E-state index < -0.39 is 0 Å². The minimum absolute atomic E-state index is 0.789. The highest BCUT2D eigenvalue weighted by molar-refractivity contribution is 5.45. The highest BCUT2D eigenvalue weighted by Crippen LogP contribution is 2.37. The summed E-state index contributed by atoms with van der Waals surface area (Å²) in [5, 5.41) is 3.32. The fourth-order valence-corrected chi connectivity index (χ4v) is 3.84. The van der Waals surface area contributed by atoms with Gasteiger partial charge in [0.2, 0.25) is 5.95 Å². The Balaban J connectivity index is 1.72. The first-order valence-corrected chi connectivity index (χ1v) is 8.60. The Hall–Kier alpha value is -1.32. The van der Waals surface area contributed by atoms with Crippen molar-refractivity contribution < 1.29 is 0 Å². The van der Waals surface area contributed by atoms with Crippen LogP contribution in [0.2, 0.25) is 0 Å². The lowest BCUT2D eigenvalue weighted by molar-refractivity contribution is 0.202. The van der Waals surface area contributed by atoms with Crippen LogP contribution in [-0.2, 0) is 0 Å². The van der Waals surface area contributed by atoms with Crippen molar-refractivity contribution in [2.24, 2.45) is 11.8 Å². The molecule has 4 nitrogen and oxygen atoms in total. The first-order valence-electron chi connectivity index (χ1n) is 8.60. The molecule has 4 heteroatoms. The van der Waals surface area contributed by atoms with Crippen LogP contribution < -0.4 is 10.2 Å². The second kappa shape index (κ2) is 6.63. The van der Waals surface area contributed by atoms with Crippen molar-refractivity contribution in [2.45, 2.75) is 52.4 Å². The summed E-state index contributed by atoms with van der Waals surface area (Å²) in [5.41, 5.74) is 1.06. The maximum absolute atomic E-state index is 4.74. The van der Waals surface area contributed by atoms with E-state index in [4.69, 9.17) is 4.98 Å². The van der Waals surface area contributed by atoms with Crippen molar-refractivity contribution >= 4 is 11.8 Å². The van der Waals surface area contributed by atoms with Crippen molar-refractivity contribution in [3.05, 3.63) is 11.8 Å². The Morgan fingerprint density at radius 1 is 1.19 bits per heavy atom. The predicted molar refractivity (Wildman–Crippen MR) is 87.8 cm³/mol. The number of rotatable bonds is 4. The van der Waals surface area contributed by atoms with Gasteiger partial charge in [-0.3, -0.25) is 0 Å². The molecular weight excluding hydrogens is 260 g/mol. The molecule has 21 heavy (non-hydrogen) atoms. The molecule has 0 spiro atoms. The van der Waals surface area contributed by atoms with Gasteiger partial charge in [-0.2, -0.15) is 4.98 Å². The Morgan fingerprint density at radius 3 is 2.81 bits per heavy atom. The molecule has 0 radical (unpaired) electrons. The van der Waals surface area contributed by atoms with E-state index in [2.05, 4.69) is 35.1 Å². The molecule has 2 atom stereocenters. The second-order valence-corrected chi connectivity index (χ2v) is 6.66. The maximum Gasteiger partial charge on any atom is 0.224 e. The summed E-state index contributed by atoms with van der Waals surface area (Å²) in [7, 11) is 0. The topological polar surface area (TPSA) is 41.1 Å². The largest absolute Gasteiger partial charge is 0.356 e. The summed E-state index contributed by atoms with van der Waals surface area (Å²) < 4.78 is 0. The Bertz CT molecular complexity index is 474. The highest BCUT2D eigenvalue weighted by Gasteiger charge is 2.31. The third-order valence-corrected chi connectivity index (χ3v) is 4.99. The highest BCUT2D eigenvalue weighted by atomic mass is 15.2. The van der Waals surface area contributed by atoms with Gasteiger partial charge in [0.1, 0.15) is 5.82 Å². The molecule has 116 valence electrons. The van der Waals surface area contributed by atoms with Gasteiger partial charge in [-0.15, -0.1) is 0 Å². The van der Waals surface area contributed by atoms with Gasteiger partial charge < -0.3 is 10.2 Å². The Labute approximate surface area is 128 Å². The third kappa shape index (κ3) is 3.47. The first-order chi connectivity index (χ1) is 10.3. The van der Waals surface area contributed by atoms with Crippen LogP contribution in [0, 0.1) is 18.8 Å². The number of hydrogen-bond donors (Lipinski definition) is 1. The number of hydrogen-bond acceptors (Lipinski definition) is 4. The fraction of sp³-hybridized carbons (Fsp3) is 0.765. The molecule has 0 amide bonds. The molecule has 2 heterocycles. The molecule has 2 fully saturated rings. The number of aryl methyl sites for hydroxylation is 1. The number of nitrogens with zero attached hydrogens (tertiary/aromatic N) is 3. The van der Waals surface area contributed by atoms with E-state index in [1.54, 1.807) is 0 Å². The van der Waals surface area contributed by atoms with Crippen molar-refractivity contribution in [3.63, 3.8) is 0 Å². The number of piperidine rings is 1. The van der Waals surface area contributed by atoms with Gasteiger partial charge in [0.15, 0.2) is 0 Å². The van der Waals surface area contributed by atoms with Crippen LogP contribution in [-0.4, -0.2) is 29.6 Å². The average Bonchev–Trinajstić information content (AvgIpc) is 2.52. The number of nitrogens with one attached hydrogen (secondary N) is 1. The molecule has 0 aromatic carbocycles. The van der Waals surface area contributed by atoms with E-state index >= 15 is 0 Å². The van der Waals surface area contributed by atoms with Crippen LogP contribution in [0.15, 0.2) is 6.07 Å². The monoisotopic (exact) mass is 288 g/mol. The van der Waals surface area contributed by atoms with Gasteiger partial charge in [-0.05, 0) is 38.0 Å². The molecular formula is C17H28N4. The summed E-state index contributed by atoms with van der Waals surface area (Å²) in [6.07, 6.45) is 8.16. The molecule has 1 aromatic rings. The summed E-state index contributed by atoms with van der Waals surface area (Å²) in [6, 6.07) is 2.14. The van der Waals surface area contributed by atoms with E-state index in [0.717, 1.165) is 48.8 Å². The minimum atomic E-state index is 0.789. The van der Waals surface area contributed by atoms with Gasteiger partial charge in [0.05, 0.1) is 0 Å². The lowest BCUT2D eigenvalue weighted by Gasteiger charge is -2.41. The van der Waals surface area contributed by atoms with E-state index in [9.17, 15) is 0 Å². The van der Waals surface area contributed by atoms with Crippen molar-refractivity contribution in [3.8, 4) is 0 Å². The minimum Gasteiger partial charge on any atom is -0.356 e. The predicted octanol–water partition coefficient (Wildman–Crippen LogP) is 3.62. The summed E-state index contributed by atoms with van der Waals surface area (Å²) in [6.45, 7) is 7.51. The van der Waals surface area contributed by atoms with Crippen molar-refractivity contribution in [2.75, 3.05) is 29.9 Å². The summed E-state index contributed by atoms with van der Waals surface area (Å²) in [5.74, 6) is 3.76. The molecule has 1 aromatic heterocycles. The van der Waals surface area contributed by atoms with Gasteiger partial charge in [0, 0.05) is 31.4 Å². The maximum atomic E-state index is 4.74. The number of fused-ring (bicyclic) bond motifs is 1. The molecule has 1 saturated heterocycles. The SMILES string of the molecule is CCCNc1nc(C)cc(N2CCC3CCCCC3C2)n1. The standard InChI is InChI=1S/C17H28N4/c1-3-9-18-17-19-13(2)11-16(20-17)21-10-8-14-6-4-5-7-15(14)12-21/h11,14-15H,3-10,12H2,1-2H3,(H,18,19,20). The van der Waals surface area contributed by atoms with Crippen LogP contribution in [0.25, 0.3) is 0 Å². The van der Waals surface area contributed by atoms with Gasteiger partial charge >= 0.3 is 0 Å². The lowest BCUT2D eigenvalue weighted by atomic mass is 9.75. The zero-order valence-electron chi connectivity index (χ0n) is 13.4. The number of aromatic nitrogens is 2. The van der Waals surface area contributed by atoms with E-state index in [0.29, 0.717) is 0 Å². The zero-order valence-corrected chi connectivity index (χ0v) is 13.4. The van der Waals surface area contributed by atoms with Gasteiger partial charge in [-0.1, -0.05) is 26.2 Å². The zero-order chi connectivity index (χ0) is 14.7. The fourth-order valence-electron chi connectivity index (χ4n) is 3.84. The smallest absolute Gasteiger partial charge is 0.224 e. The van der Waals surface area contributed by atoms with E-state index in [-0.39, 0.29) is 0 Å². The summed E-state index contributed by atoms with van der Waals surface area (Å²) >= 11 is 0. The molecule has 1 N–H and O–H groups in total. The van der Waals surface area contributed by atoms with Crippen LogP contribution in [0.1, 0.15) is 51.1 Å². The Kier molecular flexibility index (Phi) is 4.61. The molecule has 3 rings (SSSR count). The van der Waals surface area contributed by atoms with Crippen LogP contribution in [0.4, 0.5) is 11.8 Å². The number of anilines is 2. The molecule has 2 aliphatic rings. The molecule has 1 saturated carbocycles. The molecule has 1 aliphatic heterocycles. The van der Waals surface area contributed by atoms with E-state index in [1.807, 2.05) is 0 Å². The summed E-state index contributed by atoms with van der Waals surface area (Å²) in [4.78, 5) is 11.7. The van der Waals surface area contributed by atoms with Crippen LogP contribution in [0.5, 0.6) is 0 Å². The van der Waals surface area contributed by atoms with E-state index in [1.165, 1.54) is 38.6 Å². The van der Waals surface area contributed by atoms with Crippen LogP contribution in [0.3, 0.4) is 0 Å². The van der Waals surface area contributed by atoms with Crippen LogP contribution >= 0.6 is 0 Å².